The Kier molecular flexibility index (Phi) is 9.38. The summed E-state index contributed by atoms with van der Waals surface area (Å²) in [5.41, 5.74) is -0.565. The molecule has 176 valence electrons. The van der Waals surface area contributed by atoms with Crippen LogP contribution in [0.2, 0.25) is 0 Å². The number of hydrogen-bond acceptors (Lipinski definition) is 4. The molecule has 0 amide bonds. The Morgan fingerprint density at radius 1 is 0.806 bits per heavy atom. The van der Waals surface area contributed by atoms with Gasteiger partial charge in [0.05, 0.1) is 11.8 Å². The number of alkyl halides is 6. The van der Waals surface area contributed by atoms with E-state index in [1.807, 2.05) is 0 Å². The second kappa shape index (κ2) is 10.9. The van der Waals surface area contributed by atoms with Gasteiger partial charge < -0.3 is 9.47 Å². The van der Waals surface area contributed by atoms with Crippen LogP contribution in [0.3, 0.4) is 0 Å². The minimum atomic E-state index is -4.67. The molecular weight excluding hydrogens is 430 g/mol. The zero-order chi connectivity index (χ0) is 23.9. The van der Waals surface area contributed by atoms with Crippen LogP contribution >= 0.6 is 0 Å². The molecule has 31 heavy (non-hydrogen) atoms. The standard InChI is InChI=1S/C21H26F6O4/c1-19(2,3)31-18(29)16(10-12-21(25,26)27)15(9-11-20(22,23)24)17(28)30-13-14-7-5-4-6-8-14/h4-8,15-16H,9-13H2,1-3H3/t15?,16-/m0/s1. The van der Waals surface area contributed by atoms with Crippen LogP contribution in [0.25, 0.3) is 0 Å². The summed E-state index contributed by atoms with van der Waals surface area (Å²) in [5.74, 6) is -5.80. The molecule has 0 fully saturated rings. The predicted octanol–water partition coefficient (Wildman–Crippen LogP) is 5.99. The van der Waals surface area contributed by atoms with Crippen molar-refractivity contribution in [3.8, 4) is 0 Å². The first kappa shape index (κ1) is 26.8. The van der Waals surface area contributed by atoms with Gasteiger partial charge in [0.15, 0.2) is 0 Å². The number of rotatable bonds is 9. The van der Waals surface area contributed by atoms with Gasteiger partial charge in [0.25, 0.3) is 0 Å². The SMILES string of the molecule is CC(C)(C)OC(=O)[C@@H](CCC(F)(F)F)C(CCC(F)(F)F)C(=O)OCc1ccccc1. The number of ether oxygens (including phenoxy) is 2. The molecule has 2 atom stereocenters. The van der Waals surface area contributed by atoms with Crippen molar-refractivity contribution in [1.82, 2.24) is 0 Å². The van der Waals surface area contributed by atoms with Crippen LogP contribution in [0.5, 0.6) is 0 Å². The smallest absolute Gasteiger partial charge is 0.389 e. The summed E-state index contributed by atoms with van der Waals surface area (Å²) in [6.07, 6.45) is -14.0. The van der Waals surface area contributed by atoms with Crippen molar-refractivity contribution >= 4 is 11.9 Å². The normalized spacial score (nSPS) is 14.6. The first-order chi connectivity index (χ1) is 14.1. The third kappa shape index (κ3) is 11.6. The highest BCUT2D eigenvalue weighted by molar-refractivity contribution is 5.82. The van der Waals surface area contributed by atoms with Crippen LogP contribution in [-0.4, -0.2) is 29.9 Å². The number of hydrogen-bond donors (Lipinski definition) is 0. The van der Waals surface area contributed by atoms with E-state index in [2.05, 4.69) is 0 Å². The summed E-state index contributed by atoms with van der Waals surface area (Å²) in [5, 5.41) is 0. The first-order valence-corrected chi connectivity index (χ1v) is 9.64. The van der Waals surface area contributed by atoms with Crippen molar-refractivity contribution in [2.24, 2.45) is 11.8 Å². The lowest BCUT2D eigenvalue weighted by atomic mass is 9.84. The van der Waals surface area contributed by atoms with E-state index in [1.165, 1.54) is 20.8 Å². The lowest BCUT2D eigenvalue weighted by molar-refractivity contribution is -0.176. The third-order valence-corrected chi connectivity index (χ3v) is 4.20. The molecule has 0 saturated carbocycles. The molecule has 1 unspecified atom stereocenters. The van der Waals surface area contributed by atoms with Crippen molar-refractivity contribution in [2.45, 2.75) is 71.0 Å². The molecular formula is C21H26F6O4. The predicted molar refractivity (Wildman–Crippen MR) is 99.6 cm³/mol. The molecule has 0 radical (unpaired) electrons. The van der Waals surface area contributed by atoms with Crippen molar-refractivity contribution in [3.05, 3.63) is 35.9 Å². The fraction of sp³-hybridized carbons (Fsp3) is 0.619. The zero-order valence-electron chi connectivity index (χ0n) is 17.5. The highest BCUT2D eigenvalue weighted by Gasteiger charge is 2.42. The Balaban J connectivity index is 3.11. The molecule has 1 aromatic carbocycles. The minimum Gasteiger partial charge on any atom is -0.461 e. The Morgan fingerprint density at radius 3 is 1.68 bits per heavy atom. The number of esters is 2. The Morgan fingerprint density at radius 2 is 1.26 bits per heavy atom. The number of carbonyl (C=O) groups excluding carboxylic acids is 2. The molecule has 0 saturated heterocycles. The number of halogens is 6. The number of carbonyl (C=O) groups is 2. The van der Waals surface area contributed by atoms with Crippen LogP contribution < -0.4 is 0 Å². The molecule has 10 heteroatoms. The molecule has 0 bridgehead atoms. The van der Waals surface area contributed by atoms with Crippen molar-refractivity contribution in [2.75, 3.05) is 0 Å². The lowest BCUT2D eigenvalue weighted by Gasteiger charge is -2.29. The van der Waals surface area contributed by atoms with Gasteiger partial charge in [-0.05, 0) is 39.2 Å². The third-order valence-electron chi connectivity index (χ3n) is 4.20. The maximum absolute atomic E-state index is 12.8. The maximum Gasteiger partial charge on any atom is 0.389 e. The van der Waals surface area contributed by atoms with Gasteiger partial charge in [0, 0.05) is 12.8 Å². The van der Waals surface area contributed by atoms with Gasteiger partial charge in [-0.3, -0.25) is 9.59 Å². The Labute approximate surface area is 176 Å². The molecule has 1 rings (SSSR count). The highest BCUT2D eigenvalue weighted by atomic mass is 19.4. The Bertz CT molecular complexity index is 707. The minimum absolute atomic E-state index is 0.289. The second-order valence-corrected chi connectivity index (χ2v) is 8.15. The molecule has 4 nitrogen and oxygen atoms in total. The number of benzene rings is 1. The van der Waals surface area contributed by atoms with E-state index < -0.39 is 67.4 Å². The molecule has 0 aliphatic carbocycles. The van der Waals surface area contributed by atoms with Gasteiger partial charge in [-0.2, -0.15) is 26.3 Å². The van der Waals surface area contributed by atoms with E-state index in [9.17, 15) is 35.9 Å². The monoisotopic (exact) mass is 456 g/mol. The van der Waals surface area contributed by atoms with Gasteiger partial charge in [-0.15, -0.1) is 0 Å². The quantitative estimate of drug-likeness (QED) is 0.338. The largest absolute Gasteiger partial charge is 0.461 e. The second-order valence-electron chi connectivity index (χ2n) is 8.15. The van der Waals surface area contributed by atoms with Gasteiger partial charge in [0.1, 0.15) is 12.2 Å². The summed E-state index contributed by atoms with van der Waals surface area (Å²) >= 11 is 0. The van der Waals surface area contributed by atoms with Crippen LogP contribution in [0.4, 0.5) is 26.3 Å². The summed E-state index contributed by atoms with van der Waals surface area (Å²) in [4.78, 5) is 25.1. The van der Waals surface area contributed by atoms with E-state index in [0.717, 1.165) is 0 Å². The summed E-state index contributed by atoms with van der Waals surface area (Å²) in [6.45, 7) is 4.10. The van der Waals surface area contributed by atoms with Crippen LogP contribution in [-0.2, 0) is 25.7 Å². The summed E-state index contributed by atoms with van der Waals surface area (Å²) in [6, 6.07) is 8.21. The average Bonchev–Trinajstić information content (AvgIpc) is 2.60. The van der Waals surface area contributed by atoms with Crippen molar-refractivity contribution in [3.63, 3.8) is 0 Å². The summed E-state index contributed by atoms with van der Waals surface area (Å²) < 4.78 is 86.9. The van der Waals surface area contributed by atoms with Crippen LogP contribution in [0.1, 0.15) is 52.0 Å². The van der Waals surface area contributed by atoms with E-state index in [-0.39, 0.29) is 6.61 Å². The summed E-state index contributed by atoms with van der Waals surface area (Å²) in [7, 11) is 0. The van der Waals surface area contributed by atoms with E-state index in [1.54, 1.807) is 30.3 Å². The first-order valence-electron chi connectivity index (χ1n) is 9.64. The van der Waals surface area contributed by atoms with E-state index >= 15 is 0 Å². The zero-order valence-corrected chi connectivity index (χ0v) is 17.5. The molecule has 0 N–H and O–H groups in total. The van der Waals surface area contributed by atoms with Crippen molar-refractivity contribution in [1.29, 1.82) is 0 Å². The molecule has 0 aliphatic heterocycles. The molecule has 0 heterocycles. The fourth-order valence-electron chi connectivity index (χ4n) is 2.82. The van der Waals surface area contributed by atoms with Gasteiger partial charge in [0.2, 0.25) is 0 Å². The molecule has 0 aromatic heterocycles. The van der Waals surface area contributed by atoms with E-state index in [4.69, 9.17) is 9.47 Å². The highest BCUT2D eigenvalue weighted by Crippen LogP contribution is 2.34. The van der Waals surface area contributed by atoms with Crippen molar-refractivity contribution < 1.29 is 45.4 Å². The van der Waals surface area contributed by atoms with Gasteiger partial charge >= 0.3 is 24.3 Å². The fourth-order valence-corrected chi connectivity index (χ4v) is 2.82. The average molecular weight is 456 g/mol. The van der Waals surface area contributed by atoms with Gasteiger partial charge in [-0.1, -0.05) is 30.3 Å². The molecule has 0 aliphatic rings. The van der Waals surface area contributed by atoms with E-state index in [0.29, 0.717) is 5.56 Å². The maximum atomic E-state index is 12.8. The van der Waals surface area contributed by atoms with Crippen LogP contribution in [0, 0.1) is 11.8 Å². The molecule has 1 aromatic rings. The molecule has 0 spiro atoms. The lowest BCUT2D eigenvalue weighted by Crippen LogP contribution is -2.37. The van der Waals surface area contributed by atoms with Crippen LogP contribution in [0.15, 0.2) is 30.3 Å². The topological polar surface area (TPSA) is 52.6 Å². The van der Waals surface area contributed by atoms with Gasteiger partial charge in [-0.25, -0.2) is 0 Å². The Hall–Kier alpha value is -2.26.